The smallest absolute Gasteiger partial charge is 0.254 e. The summed E-state index contributed by atoms with van der Waals surface area (Å²) in [5.74, 6) is -1.76. The molecule has 1 amide bonds. The molecule has 3 nitrogen and oxygen atoms in total. The first-order valence-electron chi connectivity index (χ1n) is 8.04. The standard InChI is InChI=1S/C19H18F3NO2/c1-25-18-9-14(2-3-17(18)22)19(24)23-5-4-12(11-23)6-13-7-15(20)10-16(21)8-13/h2-3,7-10,12H,4-6,11H2,1H3. The molecule has 1 aliphatic rings. The minimum absolute atomic E-state index is 0.0248. The summed E-state index contributed by atoms with van der Waals surface area (Å²) in [5, 5.41) is 0. The average molecular weight is 349 g/mol. The molecule has 0 radical (unpaired) electrons. The fraction of sp³-hybridized carbons (Fsp3) is 0.316. The number of nitrogens with zero attached hydrogens (tertiary/aromatic N) is 1. The van der Waals surface area contributed by atoms with Crippen molar-refractivity contribution in [3.63, 3.8) is 0 Å². The molecule has 0 aromatic heterocycles. The Morgan fingerprint density at radius 1 is 1.16 bits per heavy atom. The second kappa shape index (κ2) is 7.17. The molecule has 1 heterocycles. The third kappa shape index (κ3) is 3.95. The normalized spacial score (nSPS) is 17.0. The summed E-state index contributed by atoms with van der Waals surface area (Å²) in [6.45, 7) is 1.05. The summed E-state index contributed by atoms with van der Waals surface area (Å²) in [7, 11) is 1.34. The molecular formula is C19H18F3NO2. The number of methoxy groups -OCH3 is 1. The summed E-state index contributed by atoms with van der Waals surface area (Å²) in [6, 6.07) is 7.49. The predicted molar refractivity (Wildman–Crippen MR) is 87.0 cm³/mol. The number of likely N-dealkylation sites (tertiary alicyclic amines) is 1. The summed E-state index contributed by atoms with van der Waals surface area (Å²) in [4.78, 5) is 14.2. The Balaban J connectivity index is 1.67. The molecule has 1 aliphatic heterocycles. The van der Waals surface area contributed by atoms with Gasteiger partial charge in [-0.1, -0.05) is 0 Å². The van der Waals surface area contributed by atoms with E-state index < -0.39 is 17.5 Å². The number of rotatable bonds is 4. The Hall–Kier alpha value is -2.50. The number of ether oxygens (including phenoxy) is 1. The molecule has 6 heteroatoms. The first-order chi connectivity index (χ1) is 12.0. The second-order valence-corrected chi connectivity index (χ2v) is 6.24. The van der Waals surface area contributed by atoms with E-state index in [-0.39, 0.29) is 17.6 Å². The maximum Gasteiger partial charge on any atom is 0.254 e. The third-order valence-corrected chi connectivity index (χ3v) is 4.42. The van der Waals surface area contributed by atoms with Crippen LogP contribution in [0, 0.1) is 23.4 Å². The van der Waals surface area contributed by atoms with Gasteiger partial charge in [-0.15, -0.1) is 0 Å². The van der Waals surface area contributed by atoms with E-state index in [1.54, 1.807) is 4.90 Å². The fourth-order valence-electron chi connectivity index (χ4n) is 3.22. The third-order valence-electron chi connectivity index (χ3n) is 4.42. The van der Waals surface area contributed by atoms with E-state index in [4.69, 9.17) is 4.74 Å². The molecule has 3 rings (SSSR count). The van der Waals surface area contributed by atoms with Crippen LogP contribution in [0.15, 0.2) is 36.4 Å². The van der Waals surface area contributed by atoms with Gasteiger partial charge in [-0.3, -0.25) is 4.79 Å². The van der Waals surface area contributed by atoms with Crippen LogP contribution in [0.1, 0.15) is 22.3 Å². The number of hydrogen-bond acceptors (Lipinski definition) is 2. The van der Waals surface area contributed by atoms with Crippen molar-refractivity contribution >= 4 is 5.91 Å². The maximum absolute atomic E-state index is 13.5. The van der Waals surface area contributed by atoms with Crippen LogP contribution in [-0.4, -0.2) is 31.0 Å². The van der Waals surface area contributed by atoms with Gasteiger partial charge in [0, 0.05) is 24.7 Å². The molecule has 0 bridgehead atoms. The molecule has 0 N–H and O–H groups in total. The fourth-order valence-corrected chi connectivity index (χ4v) is 3.22. The Kier molecular flexibility index (Phi) is 4.97. The Morgan fingerprint density at radius 2 is 1.88 bits per heavy atom. The molecule has 1 atom stereocenters. The average Bonchev–Trinajstić information content (AvgIpc) is 3.02. The van der Waals surface area contributed by atoms with Gasteiger partial charge in [0.25, 0.3) is 5.91 Å². The van der Waals surface area contributed by atoms with Crippen LogP contribution in [0.2, 0.25) is 0 Å². The van der Waals surface area contributed by atoms with Crippen molar-refractivity contribution in [3.8, 4) is 5.75 Å². The number of benzene rings is 2. The minimum atomic E-state index is -0.598. The van der Waals surface area contributed by atoms with Crippen LogP contribution in [0.25, 0.3) is 0 Å². The monoisotopic (exact) mass is 349 g/mol. The van der Waals surface area contributed by atoms with E-state index in [0.717, 1.165) is 12.5 Å². The van der Waals surface area contributed by atoms with Crippen molar-refractivity contribution in [1.29, 1.82) is 0 Å². The van der Waals surface area contributed by atoms with E-state index in [1.165, 1.54) is 37.4 Å². The van der Waals surface area contributed by atoms with Crippen LogP contribution >= 0.6 is 0 Å². The van der Waals surface area contributed by atoms with Crippen LogP contribution < -0.4 is 4.74 Å². The quantitative estimate of drug-likeness (QED) is 0.840. The minimum Gasteiger partial charge on any atom is -0.494 e. The Bertz CT molecular complexity index is 774. The first-order valence-corrected chi connectivity index (χ1v) is 8.04. The first kappa shape index (κ1) is 17.3. The molecule has 1 unspecified atom stereocenters. The van der Waals surface area contributed by atoms with Gasteiger partial charge in [-0.25, -0.2) is 13.2 Å². The Morgan fingerprint density at radius 3 is 2.56 bits per heavy atom. The zero-order valence-electron chi connectivity index (χ0n) is 13.8. The molecule has 2 aromatic rings. The summed E-state index contributed by atoms with van der Waals surface area (Å²) in [5.41, 5.74) is 0.941. The van der Waals surface area contributed by atoms with Crippen LogP contribution in [-0.2, 0) is 6.42 Å². The number of halogens is 3. The van der Waals surface area contributed by atoms with Gasteiger partial charge in [0.05, 0.1) is 7.11 Å². The van der Waals surface area contributed by atoms with Gasteiger partial charge in [-0.05, 0) is 54.7 Å². The molecule has 0 aliphatic carbocycles. The lowest BCUT2D eigenvalue weighted by molar-refractivity contribution is 0.0786. The van der Waals surface area contributed by atoms with Crippen molar-refractivity contribution < 1.29 is 22.7 Å². The summed E-state index contributed by atoms with van der Waals surface area (Å²) in [6.07, 6.45) is 1.26. The van der Waals surface area contributed by atoms with E-state index >= 15 is 0 Å². The van der Waals surface area contributed by atoms with E-state index in [1.807, 2.05) is 0 Å². The molecule has 1 fully saturated rings. The van der Waals surface area contributed by atoms with Crippen molar-refractivity contribution in [2.45, 2.75) is 12.8 Å². The molecule has 2 aromatic carbocycles. The van der Waals surface area contributed by atoms with Crippen molar-refractivity contribution in [2.75, 3.05) is 20.2 Å². The van der Waals surface area contributed by atoms with Gasteiger partial charge >= 0.3 is 0 Å². The van der Waals surface area contributed by atoms with Gasteiger partial charge in [0.2, 0.25) is 0 Å². The molecular weight excluding hydrogens is 331 g/mol. The maximum atomic E-state index is 13.5. The molecule has 1 saturated heterocycles. The lowest BCUT2D eigenvalue weighted by Crippen LogP contribution is -2.29. The highest BCUT2D eigenvalue weighted by Gasteiger charge is 2.27. The van der Waals surface area contributed by atoms with Gasteiger partial charge in [0.1, 0.15) is 11.6 Å². The van der Waals surface area contributed by atoms with Crippen molar-refractivity contribution in [3.05, 3.63) is 65.0 Å². The highest BCUT2D eigenvalue weighted by Crippen LogP contribution is 2.25. The van der Waals surface area contributed by atoms with Gasteiger partial charge in [0.15, 0.2) is 11.6 Å². The SMILES string of the molecule is COc1cc(C(=O)N2CCC(Cc3cc(F)cc(F)c3)C2)ccc1F. The zero-order chi connectivity index (χ0) is 18.0. The van der Waals surface area contributed by atoms with Crippen LogP contribution in [0.4, 0.5) is 13.2 Å². The largest absolute Gasteiger partial charge is 0.494 e. The van der Waals surface area contributed by atoms with Gasteiger partial charge in [-0.2, -0.15) is 0 Å². The zero-order valence-corrected chi connectivity index (χ0v) is 13.8. The van der Waals surface area contributed by atoms with Crippen LogP contribution in [0.3, 0.4) is 0 Å². The van der Waals surface area contributed by atoms with Crippen molar-refractivity contribution in [1.82, 2.24) is 4.90 Å². The number of carbonyl (C=O) groups is 1. The molecule has 0 saturated carbocycles. The summed E-state index contributed by atoms with van der Waals surface area (Å²) >= 11 is 0. The lowest BCUT2D eigenvalue weighted by atomic mass is 9.98. The van der Waals surface area contributed by atoms with E-state index in [9.17, 15) is 18.0 Å². The van der Waals surface area contributed by atoms with Gasteiger partial charge < -0.3 is 9.64 Å². The number of hydrogen-bond donors (Lipinski definition) is 0. The predicted octanol–water partition coefficient (Wildman–Crippen LogP) is 3.82. The number of carbonyl (C=O) groups excluding carboxylic acids is 1. The number of amides is 1. The van der Waals surface area contributed by atoms with E-state index in [2.05, 4.69) is 0 Å². The highest BCUT2D eigenvalue weighted by molar-refractivity contribution is 5.94. The Labute approximate surface area is 144 Å². The van der Waals surface area contributed by atoms with Crippen LogP contribution in [0.5, 0.6) is 5.75 Å². The lowest BCUT2D eigenvalue weighted by Gasteiger charge is -2.17. The molecule has 132 valence electrons. The van der Waals surface area contributed by atoms with Crippen molar-refractivity contribution in [2.24, 2.45) is 5.92 Å². The molecule has 0 spiro atoms. The second-order valence-electron chi connectivity index (χ2n) is 6.24. The summed E-state index contributed by atoms with van der Waals surface area (Å²) < 4.78 is 44.9. The topological polar surface area (TPSA) is 29.5 Å². The molecule has 25 heavy (non-hydrogen) atoms. The highest BCUT2D eigenvalue weighted by atomic mass is 19.1. The van der Waals surface area contributed by atoms with E-state index in [0.29, 0.717) is 30.6 Å².